The molecule has 1 saturated heterocycles. The lowest BCUT2D eigenvalue weighted by atomic mass is 10.3. The molecular weight excluding hydrogens is 204 g/mol. The number of sulfonamides is 1. The Bertz CT molecular complexity index is 278. The van der Waals surface area contributed by atoms with Gasteiger partial charge in [-0.1, -0.05) is 0 Å². The molecule has 2 atom stereocenters. The molecule has 0 bridgehead atoms. The molecular formula is C8H18N2O3S. The van der Waals surface area contributed by atoms with Crippen molar-refractivity contribution in [2.75, 3.05) is 26.8 Å². The maximum Gasteiger partial charge on any atom is 0.219 e. The first-order chi connectivity index (χ1) is 6.48. The zero-order valence-electron chi connectivity index (χ0n) is 8.64. The summed E-state index contributed by atoms with van der Waals surface area (Å²) in [6.45, 7) is 2.87. The molecule has 14 heavy (non-hydrogen) atoms. The molecule has 0 amide bonds. The van der Waals surface area contributed by atoms with Gasteiger partial charge in [0.05, 0.1) is 11.9 Å². The van der Waals surface area contributed by atoms with Gasteiger partial charge in [0.2, 0.25) is 10.0 Å². The largest absolute Gasteiger partial charge is 0.383 e. The highest BCUT2D eigenvalue weighted by Crippen LogP contribution is 2.16. The molecule has 0 radical (unpaired) electrons. The Hall–Kier alpha value is -0.170. The molecule has 1 aliphatic heterocycles. The van der Waals surface area contributed by atoms with Gasteiger partial charge in [0.15, 0.2) is 0 Å². The summed E-state index contributed by atoms with van der Waals surface area (Å²) in [6, 6.07) is -0.0143. The van der Waals surface area contributed by atoms with Gasteiger partial charge >= 0.3 is 0 Å². The second kappa shape index (κ2) is 4.57. The zero-order chi connectivity index (χ0) is 10.8. The van der Waals surface area contributed by atoms with E-state index in [0.29, 0.717) is 13.1 Å². The van der Waals surface area contributed by atoms with Crippen molar-refractivity contribution in [1.82, 2.24) is 4.31 Å². The monoisotopic (exact) mass is 222 g/mol. The van der Waals surface area contributed by atoms with Crippen molar-refractivity contribution in [3.8, 4) is 0 Å². The minimum Gasteiger partial charge on any atom is -0.383 e. The lowest BCUT2D eigenvalue weighted by molar-refractivity contribution is 0.198. The van der Waals surface area contributed by atoms with Crippen LogP contribution < -0.4 is 5.73 Å². The minimum absolute atomic E-state index is 0.0143. The Balaban J connectivity index is 2.65. The summed E-state index contributed by atoms with van der Waals surface area (Å²) in [5.74, 6) is 0. The van der Waals surface area contributed by atoms with Crippen LogP contribution in [0.3, 0.4) is 0 Å². The molecule has 0 aliphatic carbocycles. The van der Waals surface area contributed by atoms with Gasteiger partial charge in [0, 0.05) is 26.2 Å². The van der Waals surface area contributed by atoms with Crippen molar-refractivity contribution in [2.45, 2.75) is 24.6 Å². The maximum atomic E-state index is 11.9. The second-order valence-electron chi connectivity index (χ2n) is 3.72. The molecule has 1 aliphatic rings. The normalized spacial score (nSPS) is 26.6. The van der Waals surface area contributed by atoms with Gasteiger partial charge in [-0.2, -0.15) is 0 Å². The predicted octanol–water partition coefficient (Wildman–Crippen LogP) is -0.616. The molecule has 0 aromatic rings. The van der Waals surface area contributed by atoms with Crippen molar-refractivity contribution in [3.63, 3.8) is 0 Å². The van der Waals surface area contributed by atoms with E-state index < -0.39 is 15.3 Å². The highest BCUT2D eigenvalue weighted by molar-refractivity contribution is 7.89. The van der Waals surface area contributed by atoms with Crippen molar-refractivity contribution in [2.24, 2.45) is 5.73 Å². The molecule has 6 heteroatoms. The van der Waals surface area contributed by atoms with Crippen molar-refractivity contribution < 1.29 is 13.2 Å². The number of methoxy groups -OCH3 is 1. The van der Waals surface area contributed by atoms with Crippen LogP contribution in [0.4, 0.5) is 0 Å². The van der Waals surface area contributed by atoms with E-state index in [9.17, 15) is 8.42 Å². The molecule has 1 heterocycles. The molecule has 0 aromatic carbocycles. The van der Waals surface area contributed by atoms with E-state index in [0.717, 1.165) is 6.42 Å². The van der Waals surface area contributed by atoms with Crippen LogP contribution >= 0.6 is 0 Å². The standard InChI is InChI=1S/C8H18N2O3S/c1-7(6-13-2)14(11,12)10-4-3-8(9)5-10/h7-8H,3-6,9H2,1-2H3/t7?,8-/m0/s1. The van der Waals surface area contributed by atoms with Crippen LogP contribution in [0.1, 0.15) is 13.3 Å². The molecule has 5 nitrogen and oxygen atoms in total. The molecule has 1 rings (SSSR count). The number of ether oxygens (including phenoxy) is 1. The fourth-order valence-electron chi connectivity index (χ4n) is 1.56. The van der Waals surface area contributed by atoms with E-state index in [-0.39, 0.29) is 12.6 Å². The number of hydrogen-bond acceptors (Lipinski definition) is 4. The topological polar surface area (TPSA) is 72.6 Å². The van der Waals surface area contributed by atoms with Gasteiger partial charge in [0.25, 0.3) is 0 Å². The Kier molecular flexibility index (Phi) is 3.88. The summed E-state index contributed by atoms with van der Waals surface area (Å²) >= 11 is 0. The van der Waals surface area contributed by atoms with E-state index in [2.05, 4.69) is 0 Å². The summed E-state index contributed by atoms with van der Waals surface area (Å²) in [5.41, 5.74) is 5.66. The van der Waals surface area contributed by atoms with Crippen molar-refractivity contribution in [3.05, 3.63) is 0 Å². The summed E-state index contributed by atoms with van der Waals surface area (Å²) in [7, 11) is -1.70. The zero-order valence-corrected chi connectivity index (χ0v) is 9.46. The molecule has 0 saturated carbocycles. The first kappa shape index (κ1) is 11.9. The first-order valence-corrected chi connectivity index (χ1v) is 6.22. The number of nitrogens with two attached hydrogens (primary N) is 1. The Morgan fingerprint density at radius 2 is 2.29 bits per heavy atom. The number of hydrogen-bond donors (Lipinski definition) is 1. The van der Waals surface area contributed by atoms with E-state index in [1.165, 1.54) is 11.4 Å². The van der Waals surface area contributed by atoms with Gasteiger partial charge < -0.3 is 10.5 Å². The summed E-state index contributed by atoms with van der Waals surface area (Å²) in [4.78, 5) is 0. The fourth-order valence-corrected chi connectivity index (χ4v) is 3.14. The third-order valence-electron chi connectivity index (χ3n) is 2.46. The number of nitrogens with zero attached hydrogens (tertiary/aromatic N) is 1. The average Bonchev–Trinajstić information content (AvgIpc) is 2.52. The van der Waals surface area contributed by atoms with Crippen LogP contribution in [0, 0.1) is 0 Å². The molecule has 1 unspecified atom stereocenters. The lowest BCUT2D eigenvalue weighted by Crippen LogP contribution is -2.39. The van der Waals surface area contributed by atoms with E-state index >= 15 is 0 Å². The highest BCUT2D eigenvalue weighted by Gasteiger charge is 2.33. The third kappa shape index (κ3) is 2.44. The van der Waals surface area contributed by atoms with Crippen LogP contribution in [-0.2, 0) is 14.8 Å². The van der Waals surface area contributed by atoms with Crippen molar-refractivity contribution >= 4 is 10.0 Å². The molecule has 84 valence electrons. The van der Waals surface area contributed by atoms with Crippen LogP contribution in [0.2, 0.25) is 0 Å². The minimum atomic E-state index is -3.21. The van der Waals surface area contributed by atoms with Gasteiger partial charge in [-0.15, -0.1) is 0 Å². The summed E-state index contributed by atoms with van der Waals surface area (Å²) in [5, 5.41) is -0.488. The second-order valence-corrected chi connectivity index (χ2v) is 6.07. The Labute approximate surface area is 85.3 Å². The average molecular weight is 222 g/mol. The number of rotatable bonds is 4. The molecule has 0 spiro atoms. The smallest absolute Gasteiger partial charge is 0.219 e. The molecule has 2 N–H and O–H groups in total. The van der Waals surface area contributed by atoms with E-state index in [1.54, 1.807) is 6.92 Å². The fraction of sp³-hybridized carbons (Fsp3) is 1.00. The van der Waals surface area contributed by atoms with Crippen LogP contribution in [-0.4, -0.2) is 50.8 Å². The SMILES string of the molecule is COCC(C)S(=O)(=O)N1CC[C@H](N)C1. The van der Waals surface area contributed by atoms with Crippen LogP contribution in [0.5, 0.6) is 0 Å². The van der Waals surface area contributed by atoms with Gasteiger partial charge in [-0.3, -0.25) is 0 Å². The summed E-state index contributed by atoms with van der Waals surface area (Å²) in [6.07, 6.45) is 0.749. The van der Waals surface area contributed by atoms with Gasteiger partial charge in [-0.05, 0) is 13.3 Å². The Morgan fingerprint density at radius 3 is 2.71 bits per heavy atom. The van der Waals surface area contributed by atoms with E-state index in [4.69, 9.17) is 10.5 Å². The van der Waals surface area contributed by atoms with Crippen LogP contribution in [0.15, 0.2) is 0 Å². The maximum absolute atomic E-state index is 11.9. The summed E-state index contributed by atoms with van der Waals surface area (Å²) < 4.78 is 30.0. The quantitative estimate of drug-likeness (QED) is 0.688. The third-order valence-corrected chi connectivity index (χ3v) is 4.66. The first-order valence-electron chi connectivity index (χ1n) is 4.72. The predicted molar refractivity (Wildman–Crippen MR) is 54.4 cm³/mol. The lowest BCUT2D eigenvalue weighted by Gasteiger charge is -2.20. The van der Waals surface area contributed by atoms with Crippen LogP contribution in [0.25, 0.3) is 0 Å². The molecule has 1 fully saturated rings. The van der Waals surface area contributed by atoms with Gasteiger partial charge in [-0.25, -0.2) is 12.7 Å². The van der Waals surface area contributed by atoms with E-state index in [1.807, 2.05) is 0 Å². The Morgan fingerprint density at radius 1 is 1.64 bits per heavy atom. The van der Waals surface area contributed by atoms with Crippen molar-refractivity contribution in [1.29, 1.82) is 0 Å². The molecule has 0 aromatic heterocycles. The van der Waals surface area contributed by atoms with Gasteiger partial charge in [0.1, 0.15) is 0 Å². The highest BCUT2D eigenvalue weighted by atomic mass is 32.2.